The lowest BCUT2D eigenvalue weighted by molar-refractivity contribution is -0.149. The molecule has 0 unspecified atom stereocenters. The van der Waals surface area contributed by atoms with Gasteiger partial charge in [-0.1, -0.05) is 18.6 Å². The number of allylic oxidation sites excluding steroid dienone is 2. The Bertz CT molecular complexity index is 383. The van der Waals surface area contributed by atoms with Crippen LogP contribution in [0.2, 0.25) is 0 Å². The minimum atomic E-state index is -0.148. The molecule has 4 atom stereocenters. The molecule has 0 aromatic carbocycles. The van der Waals surface area contributed by atoms with E-state index in [1.165, 1.54) is 12.7 Å². The lowest BCUT2D eigenvalue weighted by Crippen LogP contribution is -2.40. The van der Waals surface area contributed by atoms with Gasteiger partial charge in [-0.3, -0.25) is 9.59 Å². The smallest absolute Gasteiger partial charge is 0.308 e. The number of fused-ring (bicyclic) bond motifs is 1. The molecular formula is C15H22O3. The third-order valence-corrected chi connectivity index (χ3v) is 4.64. The maximum Gasteiger partial charge on any atom is 0.308 e. The highest BCUT2D eigenvalue weighted by Crippen LogP contribution is 2.43. The SMILES string of the molecule is COC(=O)[C@H](C)[C@@H]1CCC(=O)[C@H]2CCC(C)=C[C@@H]12. The number of carbonyl (C=O) groups is 2. The average Bonchev–Trinajstić information content (AvgIpc) is 2.37. The third-order valence-electron chi connectivity index (χ3n) is 4.64. The highest BCUT2D eigenvalue weighted by molar-refractivity contribution is 5.83. The Kier molecular flexibility index (Phi) is 3.88. The minimum Gasteiger partial charge on any atom is -0.469 e. The highest BCUT2D eigenvalue weighted by Gasteiger charge is 2.42. The summed E-state index contributed by atoms with van der Waals surface area (Å²) in [7, 11) is 1.44. The normalized spacial score (nSPS) is 33.4. The molecule has 0 bridgehead atoms. The number of hydrogen-bond acceptors (Lipinski definition) is 3. The molecule has 0 N–H and O–H groups in total. The monoisotopic (exact) mass is 250 g/mol. The van der Waals surface area contributed by atoms with Gasteiger partial charge in [0, 0.05) is 12.3 Å². The summed E-state index contributed by atoms with van der Waals surface area (Å²) >= 11 is 0. The summed E-state index contributed by atoms with van der Waals surface area (Å²) in [6.07, 6.45) is 5.65. The van der Waals surface area contributed by atoms with E-state index >= 15 is 0 Å². The highest BCUT2D eigenvalue weighted by atomic mass is 16.5. The van der Waals surface area contributed by atoms with E-state index < -0.39 is 0 Å². The van der Waals surface area contributed by atoms with Crippen LogP contribution in [0.4, 0.5) is 0 Å². The van der Waals surface area contributed by atoms with Crippen molar-refractivity contribution in [3.8, 4) is 0 Å². The van der Waals surface area contributed by atoms with Crippen LogP contribution >= 0.6 is 0 Å². The molecule has 2 aliphatic carbocycles. The van der Waals surface area contributed by atoms with E-state index in [0.717, 1.165) is 19.3 Å². The van der Waals surface area contributed by atoms with Gasteiger partial charge in [-0.15, -0.1) is 0 Å². The van der Waals surface area contributed by atoms with Gasteiger partial charge in [0.05, 0.1) is 13.0 Å². The van der Waals surface area contributed by atoms with Crippen LogP contribution in [0.3, 0.4) is 0 Å². The molecule has 1 fully saturated rings. The van der Waals surface area contributed by atoms with Crippen LogP contribution in [-0.2, 0) is 14.3 Å². The van der Waals surface area contributed by atoms with Crippen LogP contribution in [0.5, 0.6) is 0 Å². The topological polar surface area (TPSA) is 43.4 Å². The van der Waals surface area contributed by atoms with Crippen molar-refractivity contribution in [2.75, 3.05) is 7.11 Å². The van der Waals surface area contributed by atoms with Crippen LogP contribution in [0.1, 0.15) is 39.5 Å². The Morgan fingerprint density at radius 1 is 1.39 bits per heavy atom. The first-order chi connectivity index (χ1) is 8.54. The Morgan fingerprint density at radius 2 is 2.11 bits per heavy atom. The summed E-state index contributed by atoms with van der Waals surface area (Å²) in [5.41, 5.74) is 1.35. The molecule has 0 saturated heterocycles. The van der Waals surface area contributed by atoms with E-state index in [2.05, 4.69) is 13.0 Å². The molecule has 0 amide bonds. The van der Waals surface area contributed by atoms with Gasteiger partial charge >= 0.3 is 5.97 Å². The Hall–Kier alpha value is -1.12. The van der Waals surface area contributed by atoms with Crippen molar-refractivity contribution in [3.63, 3.8) is 0 Å². The summed E-state index contributed by atoms with van der Waals surface area (Å²) in [6, 6.07) is 0. The number of carbonyl (C=O) groups excluding carboxylic acids is 2. The summed E-state index contributed by atoms with van der Waals surface area (Å²) in [5.74, 6) is 0.767. The van der Waals surface area contributed by atoms with Crippen LogP contribution in [0.25, 0.3) is 0 Å². The molecule has 0 heterocycles. The number of Topliss-reactive ketones (excluding diaryl/α,β-unsaturated/α-hetero) is 1. The lowest BCUT2D eigenvalue weighted by Gasteiger charge is -2.40. The van der Waals surface area contributed by atoms with Gasteiger partial charge in [-0.2, -0.15) is 0 Å². The van der Waals surface area contributed by atoms with Gasteiger partial charge in [-0.25, -0.2) is 0 Å². The van der Waals surface area contributed by atoms with Crippen LogP contribution in [0, 0.1) is 23.7 Å². The number of methoxy groups -OCH3 is 1. The molecule has 2 aliphatic rings. The number of esters is 1. The second-order valence-electron chi connectivity index (χ2n) is 5.72. The minimum absolute atomic E-state index is 0.113. The third kappa shape index (κ3) is 2.36. The number of rotatable bonds is 2. The number of ether oxygens (including phenoxy) is 1. The number of hydrogen-bond donors (Lipinski definition) is 0. The van der Waals surface area contributed by atoms with Crippen LogP contribution < -0.4 is 0 Å². The Morgan fingerprint density at radius 3 is 2.78 bits per heavy atom. The standard InChI is InChI=1S/C15H22O3/c1-9-4-5-12-13(8-9)11(6-7-14(12)16)10(2)15(17)18-3/h8,10-13H,4-7H2,1-3H3/t10-,11+,12+,13+/m1/s1. The fraction of sp³-hybridized carbons (Fsp3) is 0.733. The fourth-order valence-electron chi connectivity index (χ4n) is 3.53. The molecule has 1 saturated carbocycles. The van der Waals surface area contributed by atoms with Crippen LogP contribution in [0.15, 0.2) is 11.6 Å². The van der Waals surface area contributed by atoms with E-state index in [1.54, 1.807) is 0 Å². The van der Waals surface area contributed by atoms with Gasteiger partial charge in [0.15, 0.2) is 0 Å². The second kappa shape index (κ2) is 5.25. The van der Waals surface area contributed by atoms with Gasteiger partial charge in [0.1, 0.15) is 5.78 Å². The first kappa shape index (κ1) is 13.3. The zero-order valence-electron chi connectivity index (χ0n) is 11.4. The van der Waals surface area contributed by atoms with E-state index in [9.17, 15) is 9.59 Å². The first-order valence-electron chi connectivity index (χ1n) is 6.82. The molecule has 2 rings (SSSR count). The molecule has 0 aliphatic heterocycles. The van der Waals surface area contributed by atoms with Crippen molar-refractivity contribution in [3.05, 3.63) is 11.6 Å². The van der Waals surface area contributed by atoms with E-state index in [0.29, 0.717) is 12.2 Å². The van der Waals surface area contributed by atoms with Crippen molar-refractivity contribution >= 4 is 11.8 Å². The summed E-state index contributed by atoms with van der Waals surface area (Å²) in [5, 5.41) is 0. The zero-order valence-corrected chi connectivity index (χ0v) is 11.4. The molecule has 0 radical (unpaired) electrons. The van der Waals surface area contributed by atoms with Crippen LogP contribution in [-0.4, -0.2) is 18.9 Å². The van der Waals surface area contributed by atoms with Gasteiger partial charge in [0.2, 0.25) is 0 Å². The van der Waals surface area contributed by atoms with Crippen molar-refractivity contribution in [1.82, 2.24) is 0 Å². The van der Waals surface area contributed by atoms with Gasteiger partial charge in [0.25, 0.3) is 0 Å². The summed E-state index contributed by atoms with van der Waals surface area (Å²) in [4.78, 5) is 23.7. The number of ketones is 1. The van der Waals surface area contributed by atoms with Crippen molar-refractivity contribution in [2.45, 2.75) is 39.5 Å². The first-order valence-corrected chi connectivity index (χ1v) is 6.82. The molecule has 0 aromatic rings. The Balaban J connectivity index is 2.22. The predicted molar refractivity (Wildman–Crippen MR) is 68.9 cm³/mol. The maximum absolute atomic E-state index is 12.0. The van der Waals surface area contributed by atoms with E-state index in [4.69, 9.17) is 4.74 Å². The largest absolute Gasteiger partial charge is 0.469 e. The predicted octanol–water partition coefficient (Wildman–Crippen LogP) is 2.75. The molecule has 0 spiro atoms. The zero-order chi connectivity index (χ0) is 13.3. The summed E-state index contributed by atoms with van der Waals surface area (Å²) in [6.45, 7) is 4.05. The van der Waals surface area contributed by atoms with Crippen molar-refractivity contribution in [1.29, 1.82) is 0 Å². The second-order valence-corrected chi connectivity index (χ2v) is 5.72. The summed E-state index contributed by atoms with van der Waals surface area (Å²) < 4.78 is 4.85. The molecule has 3 nitrogen and oxygen atoms in total. The molecule has 18 heavy (non-hydrogen) atoms. The molecule has 0 aromatic heterocycles. The lowest BCUT2D eigenvalue weighted by atomic mass is 9.63. The molecule has 100 valence electrons. The van der Waals surface area contributed by atoms with Gasteiger partial charge < -0.3 is 4.74 Å². The fourth-order valence-corrected chi connectivity index (χ4v) is 3.53. The van der Waals surface area contributed by atoms with Gasteiger partial charge in [-0.05, 0) is 38.0 Å². The maximum atomic E-state index is 12.0. The van der Waals surface area contributed by atoms with Crippen molar-refractivity contribution < 1.29 is 14.3 Å². The molecule has 3 heteroatoms. The Labute approximate surface area is 109 Å². The average molecular weight is 250 g/mol. The van der Waals surface area contributed by atoms with E-state index in [1.807, 2.05) is 6.92 Å². The van der Waals surface area contributed by atoms with E-state index in [-0.39, 0.29) is 29.6 Å². The van der Waals surface area contributed by atoms with Crippen molar-refractivity contribution in [2.24, 2.45) is 23.7 Å². The molecular weight excluding hydrogens is 228 g/mol. The quantitative estimate of drug-likeness (QED) is 0.559.